The van der Waals surface area contributed by atoms with Gasteiger partial charge in [0.2, 0.25) is 0 Å². The Labute approximate surface area is 245 Å². The lowest BCUT2D eigenvalue weighted by molar-refractivity contribution is -0.0279. The van der Waals surface area contributed by atoms with Gasteiger partial charge in [-0.2, -0.15) is 0 Å². The van der Waals surface area contributed by atoms with Crippen LogP contribution in [0.2, 0.25) is 0 Å². The molecule has 226 valence electrons. The number of carbonyl (C=O) groups is 2. The molecule has 42 heavy (non-hydrogen) atoms. The molecule has 5 rings (SSSR count). The molecule has 0 unspecified atom stereocenters. The summed E-state index contributed by atoms with van der Waals surface area (Å²) in [7, 11) is 0. The van der Waals surface area contributed by atoms with E-state index in [4.69, 9.17) is 30.3 Å². The zero-order valence-electron chi connectivity index (χ0n) is 25.0. The molecule has 0 bridgehead atoms. The van der Waals surface area contributed by atoms with Crippen molar-refractivity contribution >= 4 is 29.7 Å². The average molecular weight is 583 g/mol. The van der Waals surface area contributed by atoms with Crippen LogP contribution in [0, 0.1) is 18.2 Å². The van der Waals surface area contributed by atoms with Crippen LogP contribution in [0.4, 0.5) is 20.7 Å². The van der Waals surface area contributed by atoms with Crippen LogP contribution in [0.1, 0.15) is 56.1 Å². The van der Waals surface area contributed by atoms with Crippen LogP contribution in [0.5, 0.6) is 5.75 Å². The molecule has 11 nitrogen and oxygen atoms in total. The molecule has 4 heterocycles. The van der Waals surface area contributed by atoms with Crippen LogP contribution < -0.4 is 15.4 Å². The number of nitrogen functional groups attached to an aromatic ring is 1. The number of nitrogens with one attached hydrogen (secondary N) is 1. The highest BCUT2D eigenvalue weighted by atomic mass is 19.1. The second kappa shape index (κ2) is 10.7. The molecule has 3 aliphatic heterocycles. The minimum Gasteiger partial charge on any atom is -0.487 e. The molecule has 0 saturated carbocycles. The SMILES string of the molecule is Cc1ccc(N)c(C=N)c1-c1nc(N2CCOC(C)(C)C2)c2c(c1F)OC[C@H]1CN(C(=O)OC(C)(C)C)CCN1C2=O. The Kier molecular flexibility index (Phi) is 7.55. The Balaban J connectivity index is 1.63. The van der Waals surface area contributed by atoms with E-state index in [1.165, 1.54) is 0 Å². The number of aromatic nitrogens is 1. The number of amides is 2. The van der Waals surface area contributed by atoms with Gasteiger partial charge >= 0.3 is 6.09 Å². The maximum atomic E-state index is 16.6. The van der Waals surface area contributed by atoms with Crippen molar-refractivity contribution in [1.29, 1.82) is 5.41 Å². The number of ether oxygens (including phenoxy) is 3. The first-order valence-corrected chi connectivity index (χ1v) is 14.1. The van der Waals surface area contributed by atoms with Gasteiger partial charge in [0, 0.05) is 55.8 Å². The summed E-state index contributed by atoms with van der Waals surface area (Å²) < 4.78 is 34.2. The molecular formula is C30H39FN6O5. The number of nitrogens with zero attached hydrogens (tertiary/aromatic N) is 4. The maximum absolute atomic E-state index is 16.6. The maximum Gasteiger partial charge on any atom is 0.410 e. The third-order valence-electron chi connectivity index (χ3n) is 7.70. The number of morpholine rings is 1. The van der Waals surface area contributed by atoms with Gasteiger partial charge < -0.3 is 40.1 Å². The summed E-state index contributed by atoms with van der Waals surface area (Å²) in [6.07, 6.45) is 0.610. The topological polar surface area (TPSA) is 134 Å². The number of piperazine rings is 1. The smallest absolute Gasteiger partial charge is 0.410 e. The fraction of sp³-hybridized carbons (Fsp3) is 0.533. The first-order valence-electron chi connectivity index (χ1n) is 14.1. The molecule has 0 radical (unpaired) electrons. The number of nitrogens with two attached hydrogens (primary N) is 1. The minimum absolute atomic E-state index is 0.0280. The van der Waals surface area contributed by atoms with E-state index in [9.17, 15) is 9.59 Å². The van der Waals surface area contributed by atoms with Crippen LogP contribution in [0.3, 0.4) is 0 Å². The number of fused-ring (bicyclic) bond motifs is 2. The second-order valence-electron chi connectivity index (χ2n) is 12.6. The number of hydrogen-bond donors (Lipinski definition) is 2. The molecule has 12 heteroatoms. The third-order valence-corrected chi connectivity index (χ3v) is 7.70. The van der Waals surface area contributed by atoms with Crippen molar-refractivity contribution in [2.24, 2.45) is 0 Å². The van der Waals surface area contributed by atoms with E-state index >= 15 is 4.39 Å². The highest BCUT2D eigenvalue weighted by Crippen LogP contribution is 2.42. The van der Waals surface area contributed by atoms with Crippen LogP contribution in [-0.2, 0) is 9.47 Å². The largest absolute Gasteiger partial charge is 0.487 e. The quantitative estimate of drug-likeness (QED) is 0.412. The van der Waals surface area contributed by atoms with Gasteiger partial charge in [0.1, 0.15) is 29.3 Å². The summed E-state index contributed by atoms with van der Waals surface area (Å²) in [6, 6.07) is 2.90. The molecule has 3 aliphatic rings. The number of halogens is 1. The first-order chi connectivity index (χ1) is 19.7. The van der Waals surface area contributed by atoms with E-state index < -0.39 is 35.1 Å². The molecule has 1 aromatic heterocycles. The predicted octanol–water partition coefficient (Wildman–Crippen LogP) is 3.85. The average Bonchev–Trinajstić information content (AvgIpc) is 3.05. The van der Waals surface area contributed by atoms with Gasteiger partial charge in [-0.3, -0.25) is 4.79 Å². The molecule has 1 aromatic carbocycles. The van der Waals surface area contributed by atoms with Gasteiger partial charge in [0.05, 0.1) is 18.2 Å². The van der Waals surface area contributed by atoms with Gasteiger partial charge in [-0.15, -0.1) is 0 Å². The molecule has 2 saturated heterocycles. The van der Waals surface area contributed by atoms with Crippen LogP contribution in [-0.4, -0.2) is 96.2 Å². The zero-order chi connectivity index (χ0) is 30.6. The summed E-state index contributed by atoms with van der Waals surface area (Å²) in [5.74, 6) is -1.11. The van der Waals surface area contributed by atoms with Crippen molar-refractivity contribution in [1.82, 2.24) is 14.8 Å². The standard InChI is InChI=1S/C30H39FN6O5/c1-17-7-8-20(33)19(13-32)21(17)24-23(31)25-22(26(34-24)36-11-12-41-30(5,6)16-36)27(38)37-10-9-35(14-18(37)15-40-25)28(39)42-29(2,3)4/h7-8,13,18,32H,9-12,14-16,33H2,1-6H3/t18-/m1/s1. The van der Waals surface area contributed by atoms with Gasteiger partial charge in [-0.25, -0.2) is 14.2 Å². The Morgan fingerprint density at radius 1 is 1.24 bits per heavy atom. The monoisotopic (exact) mass is 582 g/mol. The Hall–Kier alpha value is -3.93. The number of rotatable bonds is 3. The molecule has 2 aromatic rings. The van der Waals surface area contributed by atoms with Gasteiger partial charge in [-0.1, -0.05) is 6.07 Å². The second-order valence-corrected chi connectivity index (χ2v) is 12.6. The molecule has 0 spiro atoms. The van der Waals surface area contributed by atoms with Gasteiger partial charge in [-0.05, 0) is 53.2 Å². The minimum atomic E-state index is -0.796. The highest BCUT2D eigenvalue weighted by Gasteiger charge is 2.43. The lowest BCUT2D eigenvalue weighted by Gasteiger charge is -2.41. The molecule has 1 atom stereocenters. The number of benzene rings is 1. The van der Waals surface area contributed by atoms with Crippen molar-refractivity contribution < 1.29 is 28.2 Å². The Morgan fingerprint density at radius 2 is 1.98 bits per heavy atom. The molecule has 2 fully saturated rings. The number of pyridine rings is 1. The third kappa shape index (κ3) is 5.47. The van der Waals surface area contributed by atoms with Crippen molar-refractivity contribution in [3.8, 4) is 17.0 Å². The molecular weight excluding hydrogens is 543 g/mol. The van der Waals surface area contributed by atoms with Crippen molar-refractivity contribution in [2.45, 2.75) is 58.8 Å². The number of carbonyl (C=O) groups excluding carboxylic acids is 2. The van der Waals surface area contributed by atoms with Crippen molar-refractivity contribution in [2.75, 3.05) is 56.6 Å². The number of hydrogen-bond acceptors (Lipinski definition) is 9. The highest BCUT2D eigenvalue weighted by molar-refractivity contribution is 6.04. The summed E-state index contributed by atoms with van der Waals surface area (Å²) in [5, 5.41) is 8.00. The first kappa shape index (κ1) is 29.6. The van der Waals surface area contributed by atoms with Crippen molar-refractivity contribution in [3.05, 3.63) is 34.6 Å². The van der Waals surface area contributed by atoms with Gasteiger partial charge in [0.25, 0.3) is 5.91 Å². The van der Waals surface area contributed by atoms with E-state index in [2.05, 4.69) is 0 Å². The van der Waals surface area contributed by atoms with Crippen LogP contribution in [0.25, 0.3) is 11.3 Å². The Morgan fingerprint density at radius 3 is 2.64 bits per heavy atom. The zero-order valence-corrected chi connectivity index (χ0v) is 25.0. The summed E-state index contributed by atoms with van der Waals surface area (Å²) >= 11 is 0. The number of anilines is 2. The lowest BCUT2D eigenvalue weighted by Crippen LogP contribution is -2.58. The van der Waals surface area contributed by atoms with E-state index in [-0.39, 0.29) is 49.1 Å². The van der Waals surface area contributed by atoms with Crippen LogP contribution in [0.15, 0.2) is 12.1 Å². The normalized spacial score (nSPS) is 20.3. The summed E-state index contributed by atoms with van der Waals surface area (Å²) in [5.41, 5.74) is 6.67. The van der Waals surface area contributed by atoms with E-state index in [0.29, 0.717) is 42.1 Å². The van der Waals surface area contributed by atoms with Crippen LogP contribution >= 0.6 is 0 Å². The van der Waals surface area contributed by atoms with E-state index in [1.807, 2.05) is 18.7 Å². The van der Waals surface area contributed by atoms with E-state index in [1.54, 1.807) is 49.6 Å². The predicted molar refractivity (Wildman–Crippen MR) is 157 cm³/mol. The lowest BCUT2D eigenvalue weighted by atomic mass is 9.96. The van der Waals surface area contributed by atoms with Crippen molar-refractivity contribution in [3.63, 3.8) is 0 Å². The molecule has 2 amide bonds. The molecule has 3 N–H and O–H groups in total. The molecule has 0 aliphatic carbocycles. The fourth-order valence-electron chi connectivity index (χ4n) is 5.74. The summed E-state index contributed by atoms with van der Waals surface area (Å²) in [4.78, 5) is 37.0. The van der Waals surface area contributed by atoms with Gasteiger partial charge in [0.15, 0.2) is 11.6 Å². The fourth-order valence-corrected chi connectivity index (χ4v) is 5.74. The van der Waals surface area contributed by atoms with E-state index in [0.717, 1.165) is 6.21 Å². The Bertz CT molecular complexity index is 1440. The summed E-state index contributed by atoms with van der Waals surface area (Å²) in [6.45, 7) is 13.0. The number of aryl methyl sites for hydroxylation is 1.